The third-order valence-corrected chi connectivity index (χ3v) is 5.26. The van der Waals surface area contributed by atoms with E-state index in [1.165, 1.54) is 32.1 Å². The zero-order valence-corrected chi connectivity index (χ0v) is 15.9. The standard InChI is InChI=1S/C21H24N2O6/c22-18-16(20(25)26)15(17(21(27)28)19(24)23-18)14-8-6-13(7-9-14)11-29-10-12-4-2-1-3-5-12/h6-9,12H,1-5,10-11H2,(H,25,26)(H,27,28)(H3,22,23,24). The topological polar surface area (TPSA) is 143 Å². The molecule has 3 rings (SSSR count). The summed E-state index contributed by atoms with van der Waals surface area (Å²) in [6, 6.07) is 6.61. The third kappa shape index (κ3) is 4.65. The lowest BCUT2D eigenvalue weighted by Gasteiger charge is -2.21. The molecule has 2 aromatic rings. The molecule has 1 aromatic heterocycles. The molecule has 8 heteroatoms. The van der Waals surface area contributed by atoms with Gasteiger partial charge in [0, 0.05) is 12.2 Å². The van der Waals surface area contributed by atoms with Crippen molar-refractivity contribution < 1.29 is 24.5 Å². The van der Waals surface area contributed by atoms with Crippen molar-refractivity contribution >= 4 is 17.8 Å². The third-order valence-electron chi connectivity index (χ3n) is 5.26. The molecule has 8 nitrogen and oxygen atoms in total. The fourth-order valence-corrected chi connectivity index (χ4v) is 3.80. The van der Waals surface area contributed by atoms with Gasteiger partial charge in [-0.3, -0.25) is 4.79 Å². The number of ether oxygens (including phenoxy) is 1. The van der Waals surface area contributed by atoms with Crippen LogP contribution in [0.1, 0.15) is 58.4 Å². The van der Waals surface area contributed by atoms with Crippen molar-refractivity contribution in [2.45, 2.75) is 38.7 Å². The second-order valence-electron chi connectivity index (χ2n) is 7.32. The molecular weight excluding hydrogens is 376 g/mol. The van der Waals surface area contributed by atoms with Gasteiger partial charge in [0.15, 0.2) is 0 Å². The van der Waals surface area contributed by atoms with Crippen LogP contribution in [0, 0.1) is 5.92 Å². The number of nitrogens with one attached hydrogen (secondary N) is 1. The van der Waals surface area contributed by atoms with Crippen molar-refractivity contribution in [2.24, 2.45) is 5.92 Å². The van der Waals surface area contributed by atoms with E-state index in [2.05, 4.69) is 4.98 Å². The molecule has 154 valence electrons. The summed E-state index contributed by atoms with van der Waals surface area (Å²) in [5.41, 5.74) is 4.55. The summed E-state index contributed by atoms with van der Waals surface area (Å²) in [5.74, 6) is -2.74. The minimum Gasteiger partial charge on any atom is -0.478 e. The van der Waals surface area contributed by atoms with Gasteiger partial charge in [-0.05, 0) is 29.9 Å². The summed E-state index contributed by atoms with van der Waals surface area (Å²) in [7, 11) is 0. The van der Waals surface area contributed by atoms with Gasteiger partial charge in [0.2, 0.25) is 0 Å². The molecule has 1 fully saturated rings. The molecule has 0 aliphatic heterocycles. The van der Waals surface area contributed by atoms with E-state index in [0.717, 1.165) is 5.56 Å². The summed E-state index contributed by atoms with van der Waals surface area (Å²) in [5, 5.41) is 18.9. The van der Waals surface area contributed by atoms with Gasteiger partial charge < -0.3 is 25.7 Å². The fraction of sp³-hybridized carbons (Fsp3) is 0.381. The number of hydrogen-bond donors (Lipinski definition) is 4. The van der Waals surface area contributed by atoms with Crippen LogP contribution in [-0.4, -0.2) is 33.7 Å². The second kappa shape index (κ2) is 8.91. The molecule has 5 N–H and O–H groups in total. The summed E-state index contributed by atoms with van der Waals surface area (Å²) in [4.78, 5) is 37.4. The van der Waals surface area contributed by atoms with E-state index in [-0.39, 0.29) is 16.9 Å². The monoisotopic (exact) mass is 400 g/mol. The molecule has 1 heterocycles. The number of carbonyl (C=O) groups is 2. The lowest BCUT2D eigenvalue weighted by atomic mass is 9.90. The quantitative estimate of drug-likeness (QED) is 0.559. The van der Waals surface area contributed by atoms with Crippen molar-refractivity contribution in [1.82, 2.24) is 4.98 Å². The van der Waals surface area contributed by atoms with Crippen molar-refractivity contribution in [1.29, 1.82) is 0 Å². The second-order valence-corrected chi connectivity index (χ2v) is 7.32. The SMILES string of the molecule is Nc1[nH]c(=O)c(C(=O)O)c(-c2ccc(COCC3CCCCC3)cc2)c1C(=O)O. The zero-order valence-electron chi connectivity index (χ0n) is 15.9. The maximum Gasteiger partial charge on any atom is 0.342 e. The summed E-state index contributed by atoms with van der Waals surface area (Å²) in [6.45, 7) is 1.12. The van der Waals surface area contributed by atoms with E-state index in [9.17, 15) is 24.6 Å². The van der Waals surface area contributed by atoms with Gasteiger partial charge in [-0.15, -0.1) is 0 Å². The van der Waals surface area contributed by atoms with Crippen LogP contribution in [0.3, 0.4) is 0 Å². The predicted molar refractivity (Wildman–Crippen MR) is 107 cm³/mol. The first-order valence-electron chi connectivity index (χ1n) is 9.58. The number of aromatic amines is 1. The van der Waals surface area contributed by atoms with Crippen LogP contribution in [0.4, 0.5) is 5.82 Å². The number of pyridine rings is 1. The number of aromatic carboxylic acids is 2. The van der Waals surface area contributed by atoms with Gasteiger partial charge in [-0.1, -0.05) is 43.5 Å². The largest absolute Gasteiger partial charge is 0.478 e. The number of nitrogens with two attached hydrogens (primary N) is 1. The number of anilines is 1. The maximum absolute atomic E-state index is 12.1. The summed E-state index contributed by atoms with van der Waals surface area (Å²) >= 11 is 0. The predicted octanol–water partition coefficient (Wildman–Crippen LogP) is 3.12. The lowest BCUT2D eigenvalue weighted by molar-refractivity contribution is 0.0695. The number of H-pyrrole nitrogens is 1. The normalized spacial score (nSPS) is 14.6. The maximum atomic E-state index is 12.1. The number of carboxylic acid groups (broad SMARTS) is 2. The number of hydrogen-bond acceptors (Lipinski definition) is 5. The molecule has 29 heavy (non-hydrogen) atoms. The first-order valence-corrected chi connectivity index (χ1v) is 9.58. The Balaban J connectivity index is 1.84. The molecule has 0 spiro atoms. The van der Waals surface area contributed by atoms with E-state index in [0.29, 0.717) is 19.1 Å². The first kappa shape index (κ1) is 20.6. The van der Waals surface area contributed by atoms with Gasteiger partial charge in [0.05, 0.1) is 6.61 Å². The van der Waals surface area contributed by atoms with Crippen molar-refractivity contribution in [3.8, 4) is 11.1 Å². The van der Waals surface area contributed by atoms with Gasteiger partial charge in [-0.25, -0.2) is 9.59 Å². The fourth-order valence-electron chi connectivity index (χ4n) is 3.80. The molecule has 0 bridgehead atoms. The number of carboxylic acids is 2. The molecule has 1 saturated carbocycles. The lowest BCUT2D eigenvalue weighted by Crippen LogP contribution is -2.24. The van der Waals surface area contributed by atoms with Crippen LogP contribution in [0.2, 0.25) is 0 Å². The smallest absolute Gasteiger partial charge is 0.342 e. The van der Waals surface area contributed by atoms with E-state index in [1.54, 1.807) is 24.3 Å². The van der Waals surface area contributed by atoms with Gasteiger partial charge in [-0.2, -0.15) is 0 Å². The molecule has 0 saturated heterocycles. The van der Waals surface area contributed by atoms with Gasteiger partial charge in [0.1, 0.15) is 16.9 Å². The van der Waals surface area contributed by atoms with E-state index in [1.807, 2.05) is 0 Å². The van der Waals surface area contributed by atoms with Crippen LogP contribution >= 0.6 is 0 Å². The Morgan fingerprint density at radius 3 is 2.24 bits per heavy atom. The summed E-state index contributed by atoms with van der Waals surface area (Å²) < 4.78 is 5.80. The van der Waals surface area contributed by atoms with Crippen LogP contribution in [0.5, 0.6) is 0 Å². The number of benzene rings is 1. The Hall–Kier alpha value is -3.13. The number of nitrogen functional groups attached to an aromatic ring is 1. The first-order chi connectivity index (χ1) is 13.9. The van der Waals surface area contributed by atoms with Gasteiger partial charge in [0.25, 0.3) is 5.56 Å². The van der Waals surface area contributed by atoms with Crippen LogP contribution < -0.4 is 11.3 Å². The highest BCUT2D eigenvalue weighted by Gasteiger charge is 2.26. The highest BCUT2D eigenvalue weighted by atomic mass is 16.5. The van der Waals surface area contributed by atoms with Gasteiger partial charge >= 0.3 is 11.9 Å². The Morgan fingerprint density at radius 2 is 1.66 bits per heavy atom. The molecule has 0 amide bonds. The Kier molecular flexibility index (Phi) is 6.33. The van der Waals surface area contributed by atoms with Crippen LogP contribution in [0.25, 0.3) is 11.1 Å². The van der Waals surface area contributed by atoms with Crippen LogP contribution in [0.15, 0.2) is 29.1 Å². The highest BCUT2D eigenvalue weighted by Crippen LogP contribution is 2.29. The average molecular weight is 400 g/mol. The summed E-state index contributed by atoms with van der Waals surface area (Å²) in [6.07, 6.45) is 6.18. The van der Waals surface area contributed by atoms with Crippen molar-refractivity contribution in [3.05, 3.63) is 51.3 Å². The molecule has 1 aliphatic carbocycles. The Labute approximate surface area is 167 Å². The van der Waals surface area contributed by atoms with Crippen molar-refractivity contribution in [2.75, 3.05) is 12.3 Å². The Bertz CT molecular complexity index is 958. The van der Waals surface area contributed by atoms with E-state index < -0.39 is 28.6 Å². The molecular formula is C21H24N2O6. The molecule has 0 unspecified atom stereocenters. The van der Waals surface area contributed by atoms with Crippen LogP contribution in [-0.2, 0) is 11.3 Å². The molecule has 1 aliphatic rings. The molecule has 0 radical (unpaired) electrons. The number of rotatable bonds is 7. The number of aromatic nitrogens is 1. The van der Waals surface area contributed by atoms with E-state index in [4.69, 9.17) is 10.5 Å². The average Bonchev–Trinajstić information content (AvgIpc) is 2.68. The molecule has 0 atom stereocenters. The van der Waals surface area contributed by atoms with E-state index >= 15 is 0 Å². The zero-order chi connectivity index (χ0) is 21.0. The minimum atomic E-state index is -1.52. The molecule has 1 aromatic carbocycles. The van der Waals surface area contributed by atoms with Crippen molar-refractivity contribution in [3.63, 3.8) is 0 Å². The highest BCUT2D eigenvalue weighted by molar-refractivity contribution is 6.07. The Morgan fingerprint density at radius 1 is 1.03 bits per heavy atom. The minimum absolute atomic E-state index is 0.207.